The number of ether oxygens (including phenoxy) is 9. The highest BCUT2D eigenvalue weighted by molar-refractivity contribution is 5.79. The minimum Gasteiger partial charge on any atom is -0.502 e. The van der Waals surface area contributed by atoms with Gasteiger partial charge in [0.15, 0.2) is 35.6 Å². The van der Waals surface area contributed by atoms with E-state index in [9.17, 15) is 15.0 Å². The highest BCUT2D eigenvalue weighted by atomic mass is 16.7. The molecular formula is C32H37NO12. The summed E-state index contributed by atoms with van der Waals surface area (Å²) in [5.74, 6) is -0.675. The average Bonchev–Trinajstić information content (AvgIpc) is 3.66. The summed E-state index contributed by atoms with van der Waals surface area (Å²) in [6.45, 7) is 4.07. The summed E-state index contributed by atoms with van der Waals surface area (Å²) in [6.07, 6.45) is -2.97. The number of nitrogens with zero attached hydrogens (tertiary/aromatic N) is 1. The number of methoxy groups -OCH3 is 2. The van der Waals surface area contributed by atoms with Crippen molar-refractivity contribution < 1.29 is 57.6 Å². The van der Waals surface area contributed by atoms with Gasteiger partial charge in [0.1, 0.15) is 18.3 Å². The normalized spacial score (nSPS) is 34.8. The fourth-order valence-corrected chi connectivity index (χ4v) is 7.30. The molecule has 0 radical (unpaired) electrons. The monoisotopic (exact) mass is 627 g/mol. The molecule has 7 rings (SSSR count). The number of aliphatic hydroxyl groups is 1. The van der Waals surface area contributed by atoms with Crippen LogP contribution in [-0.4, -0.2) is 106 Å². The van der Waals surface area contributed by atoms with Crippen LogP contribution in [0.4, 0.5) is 0 Å². The Bertz CT molecular complexity index is 1460. The van der Waals surface area contributed by atoms with E-state index in [1.54, 1.807) is 12.1 Å². The molecule has 0 saturated carbocycles. The van der Waals surface area contributed by atoms with Gasteiger partial charge in [0.25, 0.3) is 0 Å². The number of rotatable bonds is 7. The molecule has 0 bridgehead atoms. The second kappa shape index (κ2) is 11.6. The summed E-state index contributed by atoms with van der Waals surface area (Å²) in [7, 11) is 6.56. The van der Waals surface area contributed by atoms with Crippen LogP contribution in [0.5, 0.6) is 28.7 Å². The molecule has 2 N–H and O–H groups in total. The third-order valence-electron chi connectivity index (χ3n) is 9.41. The van der Waals surface area contributed by atoms with Crippen molar-refractivity contribution in [3.63, 3.8) is 0 Å². The SMILES string of the molecule is C=C[C@H]1OC[C@H]2O[C@@H](O[C@@H]3c4cc5c(cc4[C@@H](c4cc(OC)c(O)c(OC)c4)[C@H]4C(=O)OC[C@@H]43)OCO5)[C@H](N(C)C)[C@@H](O)[C@@H]2O1. The molecule has 0 aromatic heterocycles. The Morgan fingerprint density at radius 2 is 1.67 bits per heavy atom. The zero-order valence-electron chi connectivity index (χ0n) is 25.4. The van der Waals surface area contributed by atoms with Crippen LogP contribution in [0, 0.1) is 11.8 Å². The van der Waals surface area contributed by atoms with Gasteiger partial charge in [-0.1, -0.05) is 6.58 Å². The first-order valence-electron chi connectivity index (χ1n) is 14.8. The quantitative estimate of drug-likeness (QED) is 0.342. The van der Waals surface area contributed by atoms with E-state index in [-0.39, 0.29) is 43.2 Å². The predicted octanol–water partition coefficient (Wildman–Crippen LogP) is 2.07. The number of benzene rings is 2. The zero-order valence-corrected chi connectivity index (χ0v) is 25.4. The molecule has 3 fully saturated rings. The number of hydrogen-bond acceptors (Lipinski definition) is 13. The van der Waals surface area contributed by atoms with Gasteiger partial charge in [-0.15, -0.1) is 0 Å². The Labute approximate surface area is 260 Å². The molecule has 3 saturated heterocycles. The standard InChI is InChI=1S/C32H37NO12/c1-6-23-39-12-22-30(44-23)28(35)26(33(2)3)32(43-22)45-29-16-10-19-18(41-13-42-19)9-15(16)24(25-17(29)11-40-31(25)36)14-7-20(37-4)27(34)21(8-14)38-5/h6-10,17,22-26,28-30,32,34-35H,1,11-13H2,2-5H3/t17-,22+,23-,24+,25-,26+,28+,29+,30+,32-/m0/s1. The third-order valence-corrected chi connectivity index (χ3v) is 9.41. The molecule has 45 heavy (non-hydrogen) atoms. The van der Waals surface area contributed by atoms with Crippen molar-refractivity contribution in [2.45, 2.75) is 49.0 Å². The molecule has 4 aliphatic heterocycles. The molecule has 2 aromatic rings. The Balaban J connectivity index is 1.32. The average molecular weight is 628 g/mol. The third kappa shape index (κ3) is 4.89. The van der Waals surface area contributed by atoms with Gasteiger partial charge in [-0.3, -0.25) is 9.69 Å². The number of likely N-dealkylation sites (N-methyl/N-ethyl adjacent to an activating group) is 1. The van der Waals surface area contributed by atoms with Crippen molar-refractivity contribution in [1.82, 2.24) is 4.90 Å². The van der Waals surface area contributed by atoms with Gasteiger partial charge < -0.3 is 52.8 Å². The molecule has 0 unspecified atom stereocenters. The minimum atomic E-state index is -0.975. The van der Waals surface area contributed by atoms with E-state index >= 15 is 0 Å². The number of hydrogen-bond donors (Lipinski definition) is 2. The van der Waals surface area contributed by atoms with Crippen LogP contribution in [0.1, 0.15) is 28.7 Å². The number of fused-ring (bicyclic) bond motifs is 4. The summed E-state index contributed by atoms with van der Waals surface area (Å²) < 4.78 is 53.1. The van der Waals surface area contributed by atoms with E-state index in [1.165, 1.54) is 20.3 Å². The number of aromatic hydroxyl groups is 1. The Kier molecular flexibility index (Phi) is 7.79. The number of phenolic OH excluding ortho intramolecular Hbond substituents is 1. The lowest BCUT2D eigenvalue weighted by Crippen LogP contribution is -2.66. The van der Waals surface area contributed by atoms with Gasteiger partial charge in [-0.05, 0) is 61.1 Å². The smallest absolute Gasteiger partial charge is 0.310 e. The molecule has 5 aliphatic rings. The number of cyclic esters (lactones) is 1. The summed E-state index contributed by atoms with van der Waals surface area (Å²) >= 11 is 0. The maximum absolute atomic E-state index is 13.6. The van der Waals surface area contributed by atoms with Gasteiger partial charge >= 0.3 is 5.97 Å². The number of phenols is 1. The molecule has 13 nitrogen and oxygen atoms in total. The van der Waals surface area contributed by atoms with Gasteiger partial charge in [0.05, 0.1) is 45.5 Å². The lowest BCUT2D eigenvalue weighted by atomic mass is 9.66. The maximum atomic E-state index is 13.6. The molecule has 13 heteroatoms. The number of carbonyl (C=O) groups is 1. The summed E-state index contributed by atoms with van der Waals surface area (Å²) in [5, 5.41) is 22.2. The first-order chi connectivity index (χ1) is 21.7. The van der Waals surface area contributed by atoms with E-state index in [4.69, 9.17) is 42.6 Å². The lowest BCUT2D eigenvalue weighted by molar-refractivity contribution is -0.350. The first-order valence-corrected chi connectivity index (χ1v) is 14.8. The van der Waals surface area contributed by atoms with Gasteiger partial charge in [0.2, 0.25) is 12.5 Å². The molecule has 1 aliphatic carbocycles. The van der Waals surface area contributed by atoms with Crippen molar-refractivity contribution in [3.05, 3.63) is 53.6 Å². The number of aliphatic hydroxyl groups excluding tert-OH is 1. The van der Waals surface area contributed by atoms with Gasteiger partial charge in [-0.25, -0.2) is 0 Å². The van der Waals surface area contributed by atoms with Crippen LogP contribution in [-0.2, 0) is 28.5 Å². The summed E-state index contributed by atoms with van der Waals surface area (Å²) in [4.78, 5) is 15.4. The zero-order chi connectivity index (χ0) is 31.6. The highest BCUT2D eigenvalue weighted by Crippen LogP contribution is 2.57. The van der Waals surface area contributed by atoms with E-state index in [1.807, 2.05) is 31.1 Å². The predicted molar refractivity (Wildman–Crippen MR) is 154 cm³/mol. The fourth-order valence-electron chi connectivity index (χ4n) is 7.30. The van der Waals surface area contributed by atoms with Gasteiger partial charge in [-0.2, -0.15) is 0 Å². The topological polar surface area (TPSA) is 144 Å². The van der Waals surface area contributed by atoms with Crippen LogP contribution >= 0.6 is 0 Å². The Hall–Kier alpha value is -3.59. The van der Waals surface area contributed by atoms with E-state index in [0.29, 0.717) is 17.1 Å². The molecule has 0 spiro atoms. The van der Waals surface area contributed by atoms with Gasteiger partial charge in [0, 0.05) is 11.8 Å². The van der Waals surface area contributed by atoms with Crippen LogP contribution in [0.15, 0.2) is 36.9 Å². The van der Waals surface area contributed by atoms with E-state index in [2.05, 4.69) is 6.58 Å². The molecule has 4 heterocycles. The second-order valence-electron chi connectivity index (χ2n) is 12.0. The lowest BCUT2D eigenvalue weighted by Gasteiger charge is -2.50. The van der Waals surface area contributed by atoms with E-state index < -0.39 is 60.8 Å². The van der Waals surface area contributed by atoms with Crippen molar-refractivity contribution in [3.8, 4) is 28.7 Å². The van der Waals surface area contributed by atoms with Crippen LogP contribution in [0.3, 0.4) is 0 Å². The number of esters is 1. The first kappa shape index (κ1) is 30.1. The summed E-state index contributed by atoms with van der Waals surface area (Å²) in [6, 6.07) is 6.51. The minimum absolute atomic E-state index is 0.0551. The Morgan fingerprint density at radius 3 is 2.31 bits per heavy atom. The van der Waals surface area contributed by atoms with Crippen LogP contribution in [0.25, 0.3) is 0 Å². The van der Waals surface area contributed by atoms with Crippen molar-refractivity contribution in [1.29, 1.82) is 0 Å². The van der Waals surface area contributed by atoms with Crippen LogP contribution in [0.2, 0.25) is 0 Å². The molecule has 242 valence electrons. The van der Waals surface area contributed by atoms with Crippen LogP contribution < -0.4 is 18.9 Å². The molecule has 10 atom stereocenters. The molecule has 2 aromatic carbocycles. The summed E-state index contributed by atoms with van der Waals surface area (Å²) in [5.41, 5.74) is 2.20. The van der Waals surface area contributed by atoms with Crippen molar-refractivity contribution >= 4 is 5.97 Å². The molecular weight excluding hydrogens is 590 g/mol. The second-order valence-corrected chi connectivity index (χ2v) is 12.0. The van der Waals surface area contributed by atoms with Crippen molar-refractivity contribution in [2.75, 3.05) is 48.3 Å². The highest BCUT2D eigenvalue weighted by Gasteiger charge is 2.56. The van der Waals surface area contributed by atoms with E-state index in [0.717, 1.165) is 11.1 Å². The Morgan fingerprint density at radius 1 is 0.978 bits per heavy atom. The van der Waals surface area contributed by atoms with Crippen molar-refractivity contribution in [2.24, 2.45) is 11.8 Å². The fraction of sp³-hybridized carbons (Fsp3) is 0.531. The molecule has 0 amide bonds. The maximum Gasteiger partial charge on any atom is 0.310 e. The largest absolute Gasteiger partial charge is 0.502 e. The number of carbonyl (C=O) groups excluding carboxylic acids is 1.